The molecule has 1 aliphatic rings. The van der Waals surface area contributed by atoms with Gasteiger partial charge in [-0.25, -0.2) is 8.42 Å². The van der Waals surface area contributed by atoms with Crippen LogP contribution in [0, 0.1) is 0 Å². The van der Waals surface area contributed by atoms with E-state index in [4.69, 9.17) is 0 Å². The number of rotatable bonds is 7. The van der Waals surface area contributed by atoms with E-state index in [9.17, 15) is 13.2 Å². The van der Waals surface area contributed by atoms with Gasteiger partial charge >= 0.3 is 0 Å². The van der Waals surface area contributed by atoms with E-state index in [1.807, 2.05) is 36.4 Å². The maximum Gasteiger partial charge on any atom is 0.254 e. The summed E-state index contributed by atoms with van der Waals surface area (Å²) in [6, 6.07) is 15.7. The Kier molecular flexibility index (Phi) is 7.33. The molecular formula is C26H36N2O3S. The third-order valence-corrected chi connectivity index (χ3v) is 8.08. The van der Waals surface area contributed by atoms with Crippen LogP contribution in [0.5, 0.6) is 0 Å². The number of carbonyl (C=O) groups excluding carboxylic acids is 1. The van der Waals surface area contributed by atoms with Gasteiger partial charge in [-0.2, -0.15) is 0 Å². The molecule has 3 rings (SSSR count). The fourth-order valence-corrected chi connectivity index (χ4v) is 5.99. The number of sulfone groups is 1. The zero-order chi connectivity index (χ0) is 23.5. The standard InChI is InChI=1S/C26H36N2O3S/c1-6-27(7-2)23-14-8-20(9-15-23)18-28(24-16-17-32(30,31)19-24)25(29)21-10-12-22(13-11-21)26(3,4)5/h8-15,24H,6-7,16-19H2,1-5H3/t24-/m0/s1. The topological polar surface area (TPSA) is 57.7 Å². The number of carbonyl (C=O) groups is 1. The van der Waals surface area contributed by atoms with E-state index in [1.165, 1.54) is 0 Å². The molecule has 2 aromatic rings. The first kappa shape index (κ1) is 24.3. The first-order valence-electron chi connectivity index (χ1n) is 11.5. The van der Waals surface area contributed by atoms with Crippen LogP contribution in [0.25, 0.3) is 0 Å². The highest BCUT2D eigenvalue weighted by atomic mass is 32.2. The number of hydrogen-bond acceptors (Lipinski definition) is 4. The van der Waals surface area contributed by atoms with Crippen molar-refractivity contribution in [1.29, 1.82) is 0 Å². The van der Waals surface area contributed by atoms with Crippen molar-refractivity contribution in [3.63, 3.8) is 0 Å². The van der Waals surface area contributed by atoms with Crippen LogP contribution < -0.4 is 4.90 Å². The molecule has 0 spiro atoms. The highest BCUT2D eigenvalue weighted by molar-refractivity contribution is 7.91. The second kappa shape index (κ2) is 9.65. The molecule has 2 aromatic carbocycles. The number of benzene rings is 2. The van der Waals surface area contributed by atoms with Crippen LogP contribution in [0.1, 0.15) is 62.5 Å². The first-order valence-corrected chi connectivity index (χ1v) is 13.3. The van der Waals surface area contributed by atoms with E-state index in [2.05, 4.69) is 51.7 Å². The summed E-state index contributed by atoms with van der Waals surface area (Å²) < 4.78 is 24.3. The first-order chi connectivity index (χ1) is 15.0. The van der Waals surface area contributed by atoms with Crippen molar-refractivity contribution in [2.24, 2.45) is 0 Å². The molecule has 1 heterocycles. The molecule has 1 saturated heterocycles. The Labute approximate surface area is 193 Å². The SMILES string of the molecule is CCN(CC)c1ccc(CN(C(=O)c2ccc(C(C)(C)C)cc2)[C@H]2CCS(=O)(=O)C2)cc1. The minimum atomic E-state index is -3.10. The van der Waals surface area contributed by atoms with Crippen LogP contribution in [-0.4, -0.2) is 49.9 Å². The number of anilines is 1. The van der Waals surface area contributed by atoms with Crippen molar-refractivity contribution in [2.75, 3.05) is 29.5 Å². The zero-order valence-electron chi connectivity index (χ0n) is 20.0. The average molecular weight is 457 g/mol. The molecule has 0 saturated carbocycles. The summed E-state index contributed by atoms with van der Waals surface area (Å²) in [6.07, 6.45) is 0.492. The van der Waals surface area contributed by atoms with Crippen molar-refractivity contribution in [3.05, 3.63) is 65.2 Å². The normalized spacial score (nSPS) is 17.8. The predicted octanol–water partition coefficient (Wildman–Crippen LogP) is 4.66. The van der Waals surface area contributed by atoms with Crippen LogP contribution in [0.2, 0.25) is 0 Å². The van der Waals surface area contributed by atoms with Crippen LogP contribution >= 0.6 is 0 Å². The molecule has 5 nitrogen and oxygen atoms in total. The Bertz CT molecular complexity index is 1020. The lowest BCUT2D eigenvalue weighted by molar-refractivity contribution is 0.0681. The molecule has 1 amide bonds. The summed E-state index contributed by atoms with van der Waals surface area (Å²) in [7, 11) is -3.10. The Balaban J connectivity index is 1.86. The van der Waals surface area contributed by atoms with Crippen LogP contribution in [0.4, 0.5) is 5.69 Å². The van der Waals surface area contributed by atoms with E-state index < -0.39 is 9.84 Å². The maximum absolute atomic E-state index is 13.5. The van der Waals surface area contributed by atoms with Gasteiger partial charge in [0.25, 0.3) is 5.91 Å². The zero-order valence-corrected chi connectivity index (χ0v) is 20.8. The summed E-state index contributed by atoms with van der Waals surface area (Å²) in [6.45, 7) is 12.9. The van der Waals surface area contributed by atoms with Gasteiger partial charge in [-0.1, -0.05) is 45.0 Å². The quantitative estimate of drug-likeness (QED) is 0.608. The van der Waals surface area contributed by atoms with Crippen molar-refractivity contribution >= 4 is 21.4 Å². The largest absolute Gasteiger partial charge is 0.372 e. The Hall–Kier alpha value is -2.34. The number of amides is 1. The molecule has 0 radical (unpaired) electrons. The van der Waals surface area contributed by atoms with Gasteiger partial charge < -0.3 is 9.80 Å². The highest BCUT2D eigenvalue weighted by Gasteiger charge is 2.35. The Morgan fingerprint density at radius 3 is 2.03 bits per heavy atom. The molecular weight excluding hydrogens is 420 g/mol. The van der Waals surface area contributed by atoms with Gasteiger partial charge in [0.15, 0.2) is 9.84 Å². The summed E-state index contributed by atoms with van der Waals surface area (Å²) in [5.74, 6) is 0.0714. The molecule has 174 valence electrons. The lowest BCUT2D eigenvalue weighted by atomic mass is 9.86. The Morgan fingerprint density at radius 1 is 0.969 bits per heavy atom. The van der Waals surface area contributed by atoms with Crippen LogP contribution in [0.3, 0.4) is 0 Å². The molecule has 1 fully saturated rings. The third-order valence-electron chi connectivity index (χ3n) is 6.33. The van der Waals surface area contributed by atoms with E-state index in [1.54, 1.807) is 4.90 Å². The molecule has 0 N–H and O–H groups in total. The highest BCUT2D eigenvalue weighted by Crippen LogP contribution is 2.26. The van der Waals surface area contributed by atoms with Crippen LogP contribution in [-0.2, 0) is 21.8 Å². The fourth-order valence-electron chi connectivity index (χ4n) is 4.26. The van der Waals surface area contributed by atoms with Crippen molar-refractivity contribution in [1.82, 2.24) is 4.90 Å². The molecule has 32 heavy (non-hydrogen) atoms. The van der Waals surface area contributed by atoms with Gasteiger partial charge in [0.2, 0.25) is 0 Å². The van der Waals surface area contributed by atoms with E-state index >= 15 is 0 Å². The summed E-state index contributed by atoms with van der Waals surface area (Å²) in [5.41, 5.74) is 3.92. The smallest absolute Gasteiger partial charge is 0.254 e. The van der Waals surface area contributed by atoms with Crippen molar-refractivity contribution in [2.45, 2.75) is 59.0 Å². The molecule has 0 aliphatic carbocycles. The second-order valence-corrected chi connectivity index (χ2v) is 11.9. The molecule has 6 heteroatoms. The van der Waals surface area contributed by atoms with Gasteiger partial charge in [-0.15, -0.1) is 0 Å². The monoisotopic (exact) mass is 456 g/mol. The predicted molar refractivity (Wildman–Crippen MR) is 132 cm³/mol. The molecule has 0 unspecified atom stereocenters. The fraction of sp³-hybridized carbons (Fsp3) is 0.500. The summed E-state index contributed by atoms with van der Waals surface area (Å²) >= 11 is 0. The lowest BCUT2D eigenvalue weighted by Crippen LogP contribution is -2.40. The molecule has 0 bridgehead atoms. The van der Waals surface area contributed by atoms with Gasteiger partial charge in [-0.05, 0) is 61.1 Å². The summed E-state index contributed by atoms with van der Waals surface area (Å²) in [4.78, 5) is 17.5. The third kappa shape index (κ3) is 5.71. The van der Waals surface area contributed by atoms with Crippen molar-refractivity contribution < 1.29 is 13.2 Å². The molecule has 1 atom stereocenters. The number of hydrogen-bond donors (Lipinski definition) is 0. The van der Waals surface area contributed by atoms with Gasteiger partial charge in [0.05, 0.1) is 11.5 Å². The summed E-state index contributed by atoms with van der Waals surface area (Å²) in [5, 5.41) is 0. The van der Waals surface area contributed by atoms with Crippen molar-refractivity contribution in [3.8, 4) is 0 Å². The van der Waals surface area contributed by atoms with Crippen LogP contribution in [0.15, 0.2) is 48.5 Å². The molecule has 0 aromatic heterocycles. The second-order valence-electron chi connectivity index (χ2n) is 9.66. The van der Waals surface area contributed by atoms with Gasteiger partial charge in [0, 0.05) is 36.9 Å². The minimum absolute atomic E-state index is 0.00734. The maximum atomic E-state index is 13.5. The Morgan fingerprint density at radius 2 is 1.56 bits per heavy atom. The van der Waals surface area contributed by atoms with E-state index in [-0.39, 0.29) is 28.9 Å². The minimum Gasteiger partial charge on any atom is -0.372 e. The van der Waals surface area contributed by atoms with E-state index in [0.29, 0.717) is 18.5 Å². The number of nitrogens with zero attached hydrogens (tertiary/aromatic N) is 2. The average Bonchev–Trinajstić information content (AvgIpc) is 3.12. The van der Waals surface area contributed by atoms with Gasteiger partial charge in [0.1, 0.15) is 0 Å². The molecule has 1 aliphatic heterocycles. The lowest BCUT2D eigenvalue weighted by Gasteiger charge is -2.29. The van der Waals surface area contributed by atoms with E-state index in [0.717, 1.165) is 29.9 Å². The van der Waals surface area contributed by atoms with Gasteiger partial charge in [-0.3, -0.25) is 4.79 Å².